The third-order valence-electron chi connectivity index (χ3n) is 5.82. The van der Waals surface area contributed by atoms with Gasteiger partial charge in [0.1, 0.15) is 6.61 Å². The summed E-state index contributed by atoms with van der Waals surface area (Å²) in [7, 11) is -4.01. The number of rotatable bonds is 6. The average Bonchev–Trinajstić information content (AvgIpc) is 3.34. The molecule has 0 heterocycles. The summed E-state index contributed by atoms with van der Waals surface area (Å²) in [6.07, 6.45) is 4.47. The van der Waals surface area contributed by atoms with Crippen molar-refractivity contribution in [3.8, 4) is 0 Å². The van der Waals surface area contributed by atoms with Crippen molar-refractivity contribution in [2.24, 2.45) is 23.7 Å². The second-order valence-electron chi connectivity index (χ2n) is 7.88. The maximum Gasteiger partial charge on any atom is 0.310 e. The van der Waals surface area contributed by atoms with Gasteiger partial charge in [0, 0.05) is 0 Å². The van der Waals surface area contributed by atoms with Gasteiger partial charge in [0.15, 0.2) is 0 Å². The Hall–Kier alpha value is -2.93. The Bertz CT molecular complexity index is 1080. The van der Waals surface area contributed by atoms with Crippen LogP contribution in [0.3, 0.4) is 0 Å². The van der Waals surface area contributed by atoms with E-state index in [-0.39, 0.29) is 23.3 Å². The van der Waals surface area contributed by atoms with Crippen LogP contribution in [0.1, 0.15) is 17.5 Å². The number of carbonyl (C=O) groups is 2. The molecule has 1 N–H and O–H groups in total. The van der Waals surface area contributed by atoms with Gasteiger partial charge in [-0.15, -0.1) is 0 Å². The summed E-state index contributed by atoms with van der Waals surface area (Å²) in [5.41, 5.74) is 1.77. The molecule has 2 aromatic carbocycles. The van der Waals surface area contributed by atoms with Gasteiger partial charge in [-0.3, -0.25) is 9.59 Å². The highest BCUT2D eigenvalue weighted by Crippen LogP contribution is 2.48. The van der Waals surface area contributed by atoms with E-state index in [4.69, 9.17) is 4.74 Å². The number of aryl methyl sites for hydroxylation is 1. The van der Waals surface area contributed by atoms with Gasteiger partial charge in [-0.1, -0.05) is 60.2 Å². The van der Waals surface area contributed by atoms with Gasteiger partial charge >= 0.3 is 5.97 Å². The van der Waals surface area contributed by atoms with E-state index < -0.39 is 33.7 Å². The molecule has 0 aliphatic heterocycles. The first-order valence-electron chi connectivity index (χ1n) is 9.87. The van der Waals surface area contributed by atoms with E-state index in [1.165, 1.54) is 12.1 Å². The molecule has 1 unspecified atom stereocenters. The Kier molecular flexibility index (Phi) is 5.47. The SMILES string of the molecule is Cc1ccc(S(=O)(=O)NC(=O)C2[C@H]3C=C[C@H](C3)[C@H]2C(=O)OCc2ccccc2)cc1. The number of benzene rings is 2. The minimum atomic E-state index is -4.01. The number of amides is 1. The van der Waals surface area contributed by atoms with Gasteiger partial charge in [0.2, 0.25) is 5.91 Å². The lowest BCUT2D eigenvalue weighted by atomic mass is 9.82. The molecular weight excluding hydrogens is 402 g/mol. The van der Waals surface area contributed by atoms with Crippen molar-refractivity contribution in [2.45, 2.75) is 24.8 Å². The topological polar surface area (TPSA) is 89.5 Å². The van der Waals surface area contributed by atoms with E-state index >= 15 is 0 Å². The summed E-state index contributed by atoms with van der Waals surface area (Å²) in [6.45, 7) is 1.97. The monoisotopic (exact) mass is 425 g/mol. The zero-order chi connectivity index (χ0) is 21.3. The van der Waals surface area contributed by atoms with Gasteiger partial charge in [-0.25, -0.2) is 13.1 Å². The predicted molar refractivity (Wildman–Crippen MR) is 110 cm³/mol. The first kappa shape index (κ1) is 20.3. The van der Waals surface area contributed by atoms with Crippen LogP contribution < -0.4 is 4.72 Å². The number of esters is 1. The van der Waals surface area contributed by atoms with Crippen molar-refractivity contribution in [2.75, 3.05) is 0 Å². The summed E-state index contributed by atoms with van der Waals surface area (Å²) in [4.78, 5) is 25.8. The maximum absolute atomic E-state index is 12.9. The molecule has 2 aromatic rings. The largest absolute Gasteiger partial charge is 0.461 e. The number of ether oxygens (including phenoxy) is 1. The average molecular weight is 426 g/mol. The number of sulfonamides is 1. The third-order valence-corrected chi connectivity index (χ3v) is 7.19. The number of nitrogens with one attached hydrogen (secondary N) is 1. The molecule has 1 saturated carbocycles. The Balaban J connectivity index is 1.48. The first-order chi connectivity index (χ1) is 14.3. The van der Waals surface area contributed by atoms with Crippen molar-refractivity contribution in [3.63, 3.8) is 0 Å². The highest BCUT2D eigenvalue weighted by Gasteiger charge is 2.52. The molecule has 2 aliphatic carbocycles. The standard InChI is InChI=1S/C23H23NO5S/c1-15-7-11-19(12-8-15)30(27,28)24-22(25)20-17-9-10-18(13-17)21(20)23(26)29-14-16-5-3-2-4-6-16/h2-12,17-18,20-21H,13-14H2,1H3,(H,24,25)/t17-,18+,20?,21+/m0/s1. The molecule has 0 spiro atoms. The molecule has 0 radical (unpaired) electrons. The van der Waals surface area contributed by atoms with Crippen LogP contribution in [-0.2, 0) is 31.0 Å². The second kappa shape index (κ2) is 8.07. The molecule has 30 heavy (non-hydrogen) atoms. The molecule has 4 rings (SSSR count). The normalized spacial score (nSPS) is 24.6. The van der Waals surface area contributed by atoms with Gasteiger partial charge in [0.05, 0.1) is 16.7 Å². The summed E-state index contributed by atoms with van der Waals surface area (Å²) >= 11 is 0. The van der Waals surface area contributed by atoms with Gasteiger partial charge < -0.3 is 4.74 Å². The fourth-order valence-corrected chi connectivity index (χ4v) is 5.32. The molecule has 156 valence electrons. The fraction of sp³-hybridized carbons (Fsp3) is 0.304. The molecule has 2 bridgehead atoms. The Morgan fingerprint density at radius 3 is 2.27 bits per heavy atom. The van der Waals surface area contributed by atoms with E-state index in [1.807, 2.05) is 49.4 Å². The molecule has 6 nitrogen and oxygen atoms in total. The number of allylic oxidation sites excluding steroid dienone is 2. The lowest BCUT2D eigenvalue weighted by molar-refractivity contribution is -0.154. The number of carbonyl (C=O) groups excluding carboxylic acids is 2. The number of hydrogen-bond donors (Lipinski definition) is 1. The zero-order valence-corrected chi connectivity index (χ0v) is 17.3. The van der Waals surface area contributed by atoms with Crippen LogP contribution in [-0.4, -0.2) is 20.3 Å². The second-order valence-corrected chi connectivity index (χ2v) is 9.56. The van der Waals surface area contributed by atoms with Crippen molar-refractivity contribution in [1.29, 1.82) is 0 Å². The van der Waals surface area contributed by atoms with E-state index in [0.717, 1.165) is 11.1 Å². The summed E-state index contributed by atoms with van der Waals surface area (Å²) < 4.78 is 32.9. The Morgan fingerprint density at radius 2 is 1.60 bits per heavy atom. The number of fused-ring (bicyclic) bond motifs is 2. The highest BCUT2D eigenvalue weighted by atomic mass is 32.2. The van der Waals surface area contributed by atoms with E-state index in [1.54, 1.807) is 12.1 Å². The van der Waals surface area contributed by atoms with E-state index in [0.29, 0.717) is 6.42 Å². The van der Waals surface area contributed by atoms with Gasteiger partial charge in [-0.05, 0) is 42.9 Å². The smallest absolute Gasteiger partial charge is 0.310 e. The molecule has 1 amide bonds. The van der Waals surface area contributed by atoms with Crippen molar-refractivity contribution in [1.82, 2.24) is 4.72 Å². The predicted octanol–water partition coefficient (Wildman–Crippen LogP) is 2.98. The zero-order valence-electron chi connectivity index (χ0n) is 16.5. The van der Waals surface area contributed by atoms with Gasteiger partial charge in [-0.2, -0.15) is 0 Å². The van der Waals surface area contributed by atoms with Crippen molar-refractivity contribution < 1.29 is 22.7 Å². The van der Waals surface area contributed by atoms with Crippen LogP contribution >= 0.6 is 0 Å². The number of hydrogen-bond acceptors (Lipinski definition) is 5. The van der Waals surface area contributed by atoms with E-state index in [2.05, 4.69) is 4.72 Å². The lowest BCUT2D eigenvalue weighted by Crippen LogP contribution is -2.43. The van der Waals surface area contributed by atoms with Crippen LogP contribution in [0.15, 0.2) is 71.6 Å². The quantitative estimate of drug-likeness (QED) is 0.568. The van der Waals surface area contributed by atoms with Crippen LogP contribution in [0.4, 0.5) is 0 Å². The Morgan fingerprint density at radius 1 is 0.967 bits per heavy atom. The molecule has 1 fully saturated rings. The first-order valence-corrected chi connectivity index (χ1v) is 11.4. The van der Waals surface area contributed by atoms with Gasteiger partial charge in [0.25, 0.3) is 10.0 Å². The maximum atomic E-state index is 12.9. The Labute approximate surface area is 176 Å². The van der Waals surface area contributed by atoms with Crippen LogP contribution in [0, 0.1) is 30.6 Å². The molecular formula is C23H23NO5S. The minimum absolute atomic E-state index is 0.0170. The van der Waals surface area contributed by atoms with Crippen LogP contribution in [0.25, 0.3) is 0 Å². The minimum Gasteiger partial charge on any atom is -0.461 e. The highest BCUT2D eigenvalue weighted by molar-refractivity contribution is 7.90. The van der Waals surface area contributed by atoms with Crippen LogP contribution in [0.2, 0.25) is 0 Å². The fourth-order valence-electron chi connectivity index (χ4n) is 4.30. The van der Waals surface area contributed by atoms with Crippen molar-refractivity contribution in [3.05, 3.63) is 77.9 Å². The molecule has 2 aliphatic rings. The van der Waals surface area contributed by atoms with Crippen molar-refractivity contribution >= 4 is 21.9 Å². The molecule has 0 aromatic heterocycles. The third kappa shape index (κ3) is 4.03. The summed E-state index contributed by atoms with van der Waals surface area (Å²) in [5, 5.41) is 0. The molecule has 7 heteroatoms. The lowest BCUT2D eigenvalue weighted by Gasteiger charge is -2.25. The molecule has 0 saturated heterocycles. The summed E-state index contributed by atoms with van der Waals surface area (Å²) in [5.74, 6) is -2.85. The van der Waals surface area contributed by atoms with Crippen LogP contribution in [0.5, 0.6) is 0 Å². The summed E-state index contributed by atoms with van der Waals surface area (Å²) in [6, 6.07) is 15.5. The molecule has 4 atom stereocenters. The van der Waals surface area contributed by atoms with E-state index in [9.17, 15) is 18.0 Å².